The summed E-state index contributed by atoms with van der Waals surface area (Å²) in [7, 11) is -0.824. The zero-order valence-electron chi connectivity index (χ0n) is 22.8. The molecule has 0 unspecified atom stereocenters. The lowest BCUT2D eigenvalue weighted by Crippen LogP contribution is -2.63. The summed E-state index contributed by atoms with van der Waals surface area (Å²) in [5, 5.41) is -0.353. The van der Waals surface area contributed by atoms with Gasteiger partial charge in [0.05, 0.1) is 11.5 Å². The van der Waals surface area contributed by atoms with E-state index in [1.165, 1.54) is 33.1 Å². The van der Waals surface area contributed by atoms with Crippen molar-refractivity contribution in [2.45, 2.75) is 54.7 Å². The first-order chi connectivity index (χ1) is 18.5. The Balaban J connectivity index is 1.88. The average Bonchev–Trinajstić information content (AvgIpc) is 2.88. The van der Waals surface area contributed by atoms with E-state index in [4.69, 9.17) is 9.57 Å². The van der Waals surface area contributed by atoms with Crippen molar-refractivity contribution in [2.24, 2.45) is 0 Å². The number of nitrogens with one attached hydrogen (secondary N) is 1. The fraction of sp³-hybridized carbons (Fsp3) is 0.429. The van der Waals surface area contributed by atoms with Crippen molar-refractivity contribution < 1.29 is 27.6 Å². The Morgan fingerprint density at radius 1 is 1.13 bits per heavy atom. The maximum atomic E-state index is 14.0. The molecule has 39 heavy (non-hydrogen) atoms. The first-order valence-corrected chi connectivity index (χ1v) is 14.8. The summed E-state index contributed by atoms with van der Waals surface area (Å²) in [6, 6.07) is 14.2. The largest absolute Gasteiger partial charge is 0.481 e. The Hall–Kier alpha value is -3.04. The lowest BCUT2D eigenvalue weighted by atomic mass is 10.0. The van der Waals surface area contributed by atoms with Crippen molar-refractivity contribution in [3.63, 3.8) is 0 Å². The first-order valence-electron chi connectivity index (χ1n) is 12.4. The van der Waals surface area contributed by atoms with Crippen molar-refractivity contribution >= 4 is 33.6 Å². The SMILES string of the molecule is CC#CCOc1ccc(S(=O)(=O)N2C[C@H](CC(=O)N(C)C)SC(C)(C)[C@@H]2C(=O)NOCc2ccccc2)cc1. The molecule has 9 nitrogen and oxygen atoms in total. The standard InChI is InChI=1S/C28H35N3O6S2/c1-6-7-17-36-22-13-15-24(16-14-22)39(34,35)31-19-23(18-25(32)30(4)5)38-28(2,3)26(31)27(33)29-37-20-21-11-9-8-10-12-21/h8-16,23,26H,17-20H2,1-5H3,(H,29,33)/t23-,26-/m0/s1. The molecule has 210 valence electrons. The van der Waals surface area contributed by atoms with Crippen LogP contribution in [0.2, 0.25) is 0 Å². The van der Waals surface area contributed by atoms with Crippen LogP contribution >= 0.6 is 11.8 Å². The zero-order chi connectivity index (χ0) is 28.6. The van der Waals surface area contributed by atoms with E-state index in [9.17, 15) is 18.0 Å². The number of nitrogens with zero attached hydrogens (tertiary/aromatic N) is 2. The molecule has 1 saturated heterocycles. The Morgan fingerprint density at radius 2 is 1.79 bits per heavy atom. The summed E-state index contributed by atoms with van der Waals surface area (Å²) in [4.78, 5) is 32.9. The highest BCUT2D eigenvalue weighted by atomic mass is 32.2. The number of hydrogen-bond donors (Lipinski definition) is 1. The van der Waals surface area contributed by atoms with Crippen LogP contribution in [0, 0.1) is 11.8 Å². The van der Waals surface area contributed by atoms with Gasteiger partial charge < -0.3 is 9.64 Å². The molecule has 1 heterocycles. The molecule has 0 spiro atoms. The number of thioether (sulfide) groups is 1. The summed E-state index contributed by atoms with van der Waals surface area (Å²) < 4.78 is 33.7. The molecule has 1 aliphatic rings. The van der Waals surface area contributed by atoms with Crippen LogP contribution in [0.4, 0.5) is 0 Å². The van der Waals surface area contributed by atoms with E-state index in [0.717, 1.165) is 5.56 Å². The second-order valence-corrected chi connectivity index (χ2v) is 13.6. The van der Waals surface area contributed by atoms with Gasteiger partial charge >= 0.3 is 0 Å². The lowest BCUT2D eigenvalue weighted by Gasteiger charge is -2.47. The summed E-state index contributed by atoms with van der Waals surface area (Å²) in [6.07, 6.45) is 0.136. The smallest absolute Gasteiger partial charge is 0.263 e. The van der Waals surface area contributed by atoms with Gasteiger partial charge in [0.1, 0.15) is 18.4 Å². The quantitative estimate of drug-likeness (QED) is 0.344. The van der Waals surface area contributed by atoms with Gasteiger partial charge in [0.2, 0.25) is 15.9 Å². The average molecular weight is 574 g/mol. The van der Waals surface area contributed by atoms with E-state index in [-0.39, 0.29) is 42.2 Å². The van der Waals surface area contributed by atoms with Crippen LogP contribution in [-0.2, 0) is 31.1 Å². The monoisotopic (exact) mass is 573 g/mol. The lowest BCUT2D eigenvalue weighted by molar-refractivity contribution is -0.139. The van der Waals surface area contributed by atoms with Crippen molar-refractivity contribution in [3.8, 4) is 17.6 Å². The number of amides is 2. The zero-order valence-corrected chi connectivity index (χ0v) is 24.5. The van der Waals surface area contributed by atoms with Crippen LogP contribution in [0.1, 0.15) is 32.8 Å². The van der Waals surface area contributed by atoms with Gasteiger partial charge in [0.25, 0.3) is 5.91 Å². The second kappa shape index (κ2) is 13.3. The van der Waals surface area contributed by atoms with Crippen molar-refractivity contribution in [2.75, 3.05) is 27.2 Å². The Kier molecular flexibility index (Phi) is 10.4. The van der Waals surface area contributed by atoms with Gasteiger partial charge in [0, 0.05) is 37.1 Å². The number of rotatable bonds is 10. The maximum Gasteiger partial charge on any atom is 0.263 e. The number of hydrogen-bond acceptors (Lipinski definition) is 7. The van der Waals surface area contributed by atoms with Gasteiger partial charge in [-0.2, -0.15) is 4.31 Å². The van der Waals surface area contributed by atoms with Crippen LogP contribution in [-0.4, -0.2) is 72.7 Å². The minimum Gasteiger partial charge on any atom is -0.481 e. The fourth-order valence-corrected chi connectivity index (χ4v) is 7.81. The van der Waals surface area contributed by atoms with Crippen LogP contribution in [0.25, 0.3) is 0 Å². The minimum atomic E-state index is -4.14. The van der Waals surface area contributed by atoms with Gasteiger partial charge in [0.15, 0.2) is 0 Å². The fourth-order valence-electron chi connectivity index (χ4n) is 4.21. The van der Waals surface area contributed by atoms with Gasteiger partial charge in [-0.15, -0.1) is 17.7 Å². The number of sulfonamides is 1. The highest BCUT2D eigenvalue weighted by Gasteiger charge is 2.51. The molecule has 1 N–H and O–H groups in total. The second-order valence-electron chi connectivity index (χ2n) is 9.74. The molecule has 0 aromatic heterocycles. The van der Waals surface area contributed by atoms with E-state index >= 15 is 0 Å². The molecule has 0 bridgehead atoms. The van der Waals surface area contributed by atoms with E-state index in [2.05, 4.69) is 17.3 Å². The Bertz CT molecular complexity index is 1300. The molecule has 2 aromatic rings. The van der Waals surface area contributed by atoms with E-state index in [1.54, 1.807) is 47.0 Å². The van der Waals surface area contributed by atoms with Crippen molar-refractivity contribution in [1.82, 2.24) is 14.7 Å². The predicted octanol–water partition coefficient (Wildman–Crippen LogP) is 3.07. The third kappa shape index (κ3) is 7.99. The van der Waals surface area contributed by atoms with Crippen LogP contribution in [0.15, 0.2) is 59.5 Å². The number of benzene rings is 2. The highest BCUT2D eigenvalue weighted by molar-refractivity contribution is 8.01. The molecule has 11 heteroatoms. The van der Waals surface area contributed by atoms with Gasteiger partial charge in [-0.1, -0.05) is 36.3 Å². The number of carbonyl (C=O) groups excluding carboxylic acids is 2. The molecule has 2 aromatic carbocycles. The van der Waals surface area contributed by atoms with E-state index < -0.39 is 26.7 Å². The normalized spacial score (nSPS) is 18.9. The number of hydroxylamine groups is 1. The Labute approximate surface area is 235 Å². The highest BCUT2D eigenvalue weighted by Crippen LogP contribution is 2.43. The summed E-state index contributed by atoms with van der Waals surface area (Å²) in [6.45, 7) is 5.61. The van der Waals surface area contributed by atoms with Crippen LogP contribution in [0.3, 0.4) is 0 Å². The summed E-state index contributed by atoms with van der Waals surface area (Å²) in [5.41, 5.74) is 3.31. The van der Waals surface area contributed by atoms with E-state index in [0.29, 0.717) is 5.75 Å². The number of ether oxygens (including phenoxy) is 1. The third-order valence-corrected chi connectivity index (χ3v) is 9.45. The molecule has 3 rings (SSSR count). The molecular weight excluding hydrogens is 538 g/mol. The molecule has 2 amide bonds. The van der Waals surface area contributed by atoms with Gasteiger partial charge in [-0.25, -0.2) is 13.9 Å². The van der Waals surface area contributed by atoms with Crippen molar-refractivity contribution in [3.05, 3.63) is 60.2 Å². The molecule has 0 aliphatic carbocycles. The molecule has 0 saturated carbocycles. The van der Waals surface area contributed by atoms with Gasteiger partial charge in [-0.3, -0.25) is 14.4 Å². The summed E-state index contributed by atoms with van der Waals surface area (Å²) >= 11 is 1.43. The maximum absolute atomic E-state index is 14.0. The topological polar surface area (TPSA) is 105 Å². The molecule has 1 fully saturated rings. The molecule has 2 atom stereocenters. The molecule has 1 aliphatic heterocycles. The summed E-state index contributed by atoms with van der Waals surface area (Å²) in [5.74, 6) is 5.30. The molecular formula is C28H35N3O6S2. The van der Waals surface area contributed by atoms with Crippen molar-refractivity contribution in [1.29, 1.82) is 0 Å². The molecule has 0 radical (unpaired) electrons. The Morgan fingerprint density at radius 3 is 2.41 bits per heavy atom. The predicted molar refractivity (Wildman–Crippen MR) is 151 cm³/mol. The van der Waals surface area contributed by atoms with E-state index in [1.807, 2.05) is 30.3 Å². The third-order valence-electron chi connectivity index (χ3n) is 6.12. The van der Waals surface area contributed by atoms with Gasteiger partial charge in [-0.05, 0) is 50.6 Å². The first kappa shape index (κ1) is 30.5. The van der Waals surface area contributed by atoms with Crippen LogP contribution < -0.4 is 10.2 Å². The van der Waals surface area contributed by atoms with Crippen LogP contribution in [0.5, 0.6) is 5.75 Å². The minimum absolute atomic E-state index is 0.0137. The number of carbonyl (C=O) groups is 2.